The molecular formula is C15H21N3O3. The molecule has 1 aromatic rings. The molecule has 1 atom stereocenters. The monoisotopic (exact) mass is 291 g/mol. The zero-order chi connectivity index (χ0) is 15.2. The van der Waals surface area contributed by atoms with Crippen molar-refractivity contribution in [3.8, 4) is 0 Å². The third kappa shape index (κ3) is 5.33. The second kappa shape index (κ2) is 6.97. The van der Waals surface area contributed by atoms with Crippen LogP contribution in [0.4, 0.5) is 5.69 Å². The van der Waals surface area contributed by atoms with E-state index in [9.17, 15) is 4.79 Å². The molecule has 1 aliphatic heterocycles. The Morgan fingerprint density at radius 1 is 1.29 bits per heavy atom. The summed E-state index contributed by atoms with van der Waals surface area (Å²) in [4.78, 5) is 13.9. The van der Waals surface area contributed by atoms with E-state index in [1.54, 1.807) is 0 Å². The number of rotatable bonds is 4. The minimum Gasteiger partial charge on any atom is -0.481 e. The summed E-state index contributed by atoms with van der Waals surface area (Å²) in [7, 11) is 0. The van der Waals surface area contributed by atoms with Crippen molar-refractivity contribution in [3.05, 3.63) is 29.8 Å². The van der Waals surface area contributed by atoms with E-state index in [-0.39, 0.29) is 12.0 Å². The van der Waals surface area contributed by atoms with E-state index in [1.807, 2.05) is 24.3 Å². The molecule has 1 heterocycles. The summed E-state index contributed by atoms with van der Waals surface area (Å²) in [6, 6.07) is 8.44. The first-order chi connectivity index (χ1) is 10.0. The number of ether oxygens (including phenoxy) is 1. The molecule has 2 aliphatic rings. The molecule has 114 valence electrons. The zero-order valence-corrected chi connectivity index (χ0v) is 11.9. The lowest BCUT2D eigenvalue weighted by Crippen LogP contribution is -2.10. The van der Waals surface area contributed by atoms with Crippen LogP contribution in [0.1, 0.15) is 24.8 Å². The molecule has 21 heavy (non-hydrogen) atoms. The number of nitrogens with zero attached hydrogens (tertiary/aromatic N) is 1. The van der Waals surface area contributed by atoms with Gasteiger partial charge in [-0.3, -0.25) is 4.79 Å². The molecule has 5 N–H and O–H groups in total. The number of nitrogen functional groups attached to an aromatic ring is 1. The Morgan fingerprint density at radius 2 is 1.95 bits per heavy atom. The largest absolute Gasteiger partial charge is 0.481 e. The van der Waals surface area contributed by atoms with Gasteiger partial charge in [-0.2, -0.15) is 0 Å². The minimum absolute atomic E-state index is 0.0185. The van der Waals surface area contributed by atoms with Crippen LogP contribution in [-0.4, -0.2) is 29.7 Å². The Bertz CT molecular complexity index is 509. The van der Waals surface area contributed by atoms with E-state index >= 15 is 0 Å². The van der Waals surface area contributed by atoms with Crippen LogP contribution >= 0.6 is 0 Å². The first kappa shape index (κ1) is 15.2. The molecule has 0 unspecified atom stereocenters. The molecule has 0 radical (unpaired) electrons. The van der Waals surface area contributed by atoms with Crippen LogP contribution in [0.15, 0.2) is 29.3 Å². The summed E-state index contributed by atoms with van der Waals surface area (Å²) in [6.45, 7) is 0.612. The van der Waals surface area contributed by atoms with Gasteiger partial charge in [0.1, 0.15) is 6.61 Å². The summed E-state index contributed by atoms with van der Waals surface area (Å²) in [5.74, 6) is -0.611. The average molecular weight is 291 g/mol. The Labute approximate surface area is 123 Å². The fourth-order valence-electron chi connectivity index (χ4n) is 1.93. The number of carboxylic acid groups (broad SMARTS) is 1. The van der Waals surface area contributed by atoms with Crippen molar-refractivity contribution in [1.29, 1.82) is 0 Å². The van der Waals surface area contributed by atoms with E-state index in [2.05, 4.69) is 4.99 Å². The van der Waals surface area contributed by atoms with Crippen LogP contribution in [0.3, 0.4) is 0 Å². The molecule has 6 nitrogen and oxygen atoms in total. The fourth-order valence-corrected chi connectivity index (χ4v) is 1.93. The highest BCUT2D eigenvalue weighted by atomic mass is 16.5. The van der Waals surface area contributed by atoms with Crippen molar-refractivity contribution < 1.29 is 14.6 Å². The minimum atomic E-state index is -0.630. The second-order valence-electron chi connectivity index (χ2n) is 5.32. The Kier molecular flexibility index (Phi) is 5.03. The third-order valence-electron chi connectivity index (χ3n) is 3.41. The number of benzene rings is 1. The van der Waals surface area contributed by atoms with Gasteiger partial charge in [0.05, 0.1) is 12.0 Å². The second-order valence-corrected chi connectivity index (χ2v) is 5.32. The maximum atomic E-state index is 9.76. The normalized spacial score (nSPS) is 20.0. The summed E-state index contributed by atoms with van der Waals surface area (Å²) < 4.78 is 5.08. The molecule has 0 saturated heterocycles. The lowest BCUT2D eigenvalue weighted by molar-refractivity contribution is -0.138. The van der Waals surface area contributed by atoms with E-state index < -0.39 is 5.97 Å². The number of carbonyl (C=O) groups is 1. The number of hydrogen-bond donors (Lipinski definition) is 3. The average Bonchev–Trinajstić information content (AvgIpc) is 3.23. The van der Waals surface area contributed by atoms with Crippen molar-refractivity contribution >= 4 is 17.7 Å². The summed E-state index contributed by atoms with van der Waals surface area (Å²) in [5, 5.41) is 8.05. The van der Waals surface area contributed by atoms with Crippen LogP contribution < -0.4 is 11.5 Å². The van der Waals surface area contributed by atoms with Gasteiger partial charge in [0.15, 0.2) is 0 Å². The molecule has 1 saturated carbocycles. The van der Waals surface area contributed by atoms with Crippen LogP contribution in [0.25, 0.3) is 0 Å². The van der Waals surface area contributed by atoms with E-state index in [1.165, 1.54) is 5.56 Å². The quantitative estimate of drug-likeness (QED) is 0.726. The smallest absolute Gasteiger partial charge is 0.306 e. The highest BCUT2D eigenvalue weighted by Crippen LogP contribution is 2.28. The predicted octanol–water partition coefficient (Wildman–Crippen LogP) is 1.40. The molecule has 3 rings (SSSR count). The number of aliphatic imine (C=N–C) groups is 1. The van der Waals surface area contributed by atoms with Crippen LogP contribution in [0.5, 0.6) is 0 Å². The van der Waals surface area contributed by atoms with Crippen molar-refractivity contribution in [2.24, 2.45) is 16.6 Å². The number of aliphatic carboxylic acids is 1. The lowest BCUT2D eigenvalue weighted by Gasteiger charge is -2.05. The van der Waals surface area contributed by atoms with E-state index in [4.69, 9.17) is 21.3 Å². The van der Waals surface area contributed by atoms with Gasteiger partial charge in [-0.25, -0.2) is 4.99 Å². The molecule has 0 aromatic heterocycles. The molecule has 1 aromatic carbocycles. The van der Waals surface area contributed by atoms with E-state index in [0.29, 0.717) is 12.6 Å². The predicted molar refractivity (Wildman–Crippen MR) is 80.9 cm³/mol. The summed E-state index contributed by atoms with van der Waals surface area (Å²) in [6.07, 6.45) is 3.74. The summed E-state index contributed by atoms with van der Waals surface area (Å²) in [5.41, 5.74) is 13.1. The summed E-state index contributed by atoms with van der Waals surface area (Å²) >= 11 is 0. The Balaban J connectivity index is 0.000000225. The lowest BCUT2D eigenvalue weighted by atomic mass is 10.1. The molecule has 1 aliphatic carbocycles. The molecular weight excluding hydrogens is 270 g/mol. The zero-order valence-electron chi connectivity index (χ0n) is 11.9. The first-order valence-electron chi connectivity index (χ1n) is 7.08. The van der Waals surface area contributed by atoms with Gasteiger partial charge in [-0.05, 0) is 43.4 Å². The third-order valence-corrected chi connectivity index (χ3v) is 3.41. The molecule has 1 fully saturated rings. The highest BCUT2D eigenvalue weighted by Gasteiger charge is 2.28. The maximum absolute atomic E-state index is 9.76. The number of carboxylic acids is 1. The SMILES string of the molecule is NC1=N[C@@H](CCc2ccc(N)cc2)CO1.O=C(O)C1CC1. The van der Waals surface area contributed by atoms with Gasteiger partial charge < -0.3 is 21.3 Å². The molecule has 0 bridgehead atoms. The Hall–Kier alpha value is -2.24. The number of anilines is 1. The molecule has 6 heteroatoms. The number of nitrogens with two attached hydrogens (primary N) is 2. The van der Waals surface area contributed by atoms with Crippen molar-refractivity contribution in [2.45, 2.75) is 31.7 Å². The van der Waals surface area contributed by atoms with Gasteiger partial charge in [-0.1, -0.05) is 12.1 Å². The molecule has 0 spiro atoms. The highest BCUT2D eigenvalue weighted by molar-refractivity contribution is 5.73. The van der Waals surface area contributed by atoms with Crippen LogP contribution in [0, 0.1) is 5.92 Å². The Morgan fingerprint density at radius 3 is 2.38 bits per heavy atom. The standard InChI is InChI=1S/C11H15N3O.C4H6O2/c12-9-4-1-8(2-5-9)3-6-10-7-15-11(13)14-10;5-4(6)3-1-2-3/h1-2,4-5,10H,3,6-7,12H2,(H2,13,14);3H,1-2H2,(H,5,6)/t10-;/m0./s1. The maximum Gasteiger partial charge on any atom is 0.306 e. The van der Waals surface area contributed by atoms with Gasteiger partial charge in [-0.15, -0.1) is 0 Å². The number of aryl methyl sites for hydroxylation is 1. The number of hydrogen-bond acceptors (Lipinski definition) is 5. The first-order valence-corrected chi connectivity index (χ1v) is 7.08. The fraction of sp³-hybridized carbons (Fsp3) is 0.467. The van der Waals surface area contributed by atoms with Gasteiger partial charge in [0.25, 0.3) is 6.02 Å². The van der Waals surface area contributed by atoms with Crippen LogP contribution in [-0.2, 0) is 16.0 Å². The van der Waals surface area contributed by atoms with Crippen LogP contribution in [0.2, 0.25) is 0 Å². The van der Waals surface area contributed by atoms with Crippen molar-refractivity contribution in [3.63, 3.8) is 0 Å². The van der Waals surface area contributed by atoms with Gasteiger partial charge in [0.2, 0.25) is 0 Å². The number of amidine groups is 1. The van der Waals surface area contributed by atoms with Crippen molar-refractivity contribution in [1.82, 2.24) is 0 Å². The van der Waals surface area contributed by atoms with Crippen molar-refractivity contribution in [2.75, 3.05) is 12.3 Å². The topological polar surface area (TPSA) is 111 Å². The van der Waals surface area contributed by atoms with Gasteiger partial charge in [0, 0.05) is 5.69 Å². The molecule has 0 amide bonds. The van der Waals surface area contributed by atoms with E-state index in [0.717, 1.165) is 31.4 Å². The van der Waals surface area contributed by atoms with Gasteiger partial charge >= 0.3 is 5.97 Å².